The first-order valence-electron chi connectivity index (χ1n) is 5.17. The van der Waals surface area contributed by atoms with E-state index in [2.05, 4.69) is 10.3 Å². The molecule has 0 bridgehead atoms. The van der Waals surface area contributed by atoms with Gasteiger partial charge in [0.2, 0.25) is 5.82 Å². The van der Waals surface area contributed by atoms with Gasteiger partial charge < -0.3 is 5.32 Å². The van der Waals surface area contributed by atoms with Crippen LogP contribution in [0.2, 0.25) is 0 Å². The molecule has 0 aromatic carbocycles. The summed E-state index contributed by atoms with van der Waals surface area (Å²) in [6.07, 6.45) is 1.46. The molecule has 0 fully saturated rings. The van der Waals surface area contributed by atoms with Crippen LogP contribution >= 0.6 is 0 Å². The molecule has 0 saturated carbocycles. The molecule has 0 aliphatic carbocycles. The van der Waals surface area contributed by atoms with Crippen molar-refractivity contribution in [3.8, 4) is 0 Å². The number of aromatic nitrogens is 1. The van der Waals surface area contributed by atoms with E-state index in [1.165, 1.54) is 18.2 Å². The minimum absolute atomic E-state index is 0.0896. The zero-order valence-corrected chi connectivity index (χ0v) is 10.3. The number of nitrogens with zero attached hydrogens (tertiary/aromatic N) is 2. The topological polar surface area (TPSA) is 102 Å². The Labute approximate surface area is 104 Å². The van der Waals surface area contributed by atoms with Crippen molar-refractivity contribution in [2.75, 3.05) is 11.1 Å². The van der Waals surface area contributed by atoms with E-state index < -0.39 is 20.8 Å². The lowest BCUT2D eigenvalue weighted by molar-refractivity contribution is -0.384. The van der Waals surface area contributed by atoms with E-state index in [1.54, 1.807) is 6.92 Å². The highest BCUT2D eigenvalue weighted by molar-refractivity contribution is 7.94. The number of rotatable bonds is 3. The average Bonchev–Trinajstić information content (AvgIpc) is 2.57. The molecule has 0 radical (unpaired) electrons. The van der Waals surface area contributed by atoms with E-state index in [4.69, 9.17) is 0 Å². The van der Waals surface area contributed by atoms with Gasteiger partial charge in [-0.05, 0) is 19.1 Å². The van der Waals surface area contributed by atoms with Crippen molar-refractivity contribution in [1.82, 2.24) is 4.98 Å². The van der Waals surface area contributed by atoms with Crippen LogP contribution in [0.3, 0.4) is 0 Å². The summed E-state index contributed by atoms with van der Waals surface area (Å²) in [4.78, 5) is 14.3. The van der Waals surface area contributed by atoms with Gasteiger partial charge in [0.05, 0.1) is 16.7 Å². The molecule has 2 rings (SSSR count). The van der Waals surface area contributed by atoms with Gasteiger partial charge in [-0.3, -0.25) is 10.1 Å². The third-order valence-electron chi connectivity index (χ3n) is 2.46. The summed E-state index contributed by atoms with van der Waals surface area (Å²) >= 11 is 0. The van der Waals surface area contributed by atoms with E-state index in [9.17, 15) is 18.5 Å². The van der Waals surface area contributed by atoms with Crippen LogP contribution < -0.4 is 5.32 Å². The normalized spacial score (nSPS) is 20.8. The smallest absolute Gasteiger partial charge is 0.311 e. The van der Waals surface area contributed by atoms with Crippen LogP contribution in [0.15, 0.2) is 23.6 Å². The van der Waals surface area contributed by atoms with Crippen molar-refractivity contribution in [3.05, 3.63) is 39.4 Å². The van der Waals surface area contributed by atoms with Crippen molar-refractivity contribution in [1.29, 1.82) is 0 Å². The van der Waals surface area contributed by atoms with Gasteiger partial charge in [-0.1, -0.05) is 0 Å². The van der Waals surface area contributed by atoms with Crippen molar-refractivity contribution in [2.45, 2.75) is 13.0 Å². The molecule has 1 unspecified atom stereocenters. The molecule has 1 N–H and O–H groups in total. The number of pyridine rings is 1. The monoisotopic (exact) mass is 269 g/mol. The van der Waals surface area contributed by atoms with Crippen LogP contribution in [-0.2, 0) is 9.84 Å². The lowest BCUT2D eigenvalue weighted by Gasteiger charge is -2.11. The maximum absolute atomic E-state index is 11.2. The minimum atomic E-state index is -3.20. The lowest BCUT2D eigenvalue weighted by atomic mass is 10.3. The Morgan fingerprint density at radius 1 is 1.50 bits per heavy atom. The largest absolute Gasteiger partial charge is 0.357 e. The van der Waals surface area contributed by atoms with Gasteiger partial charge in [0, 0.05) is 17.2 Å². The SMILES string of the molecule is Cc1ccc([N+](=O)[O-])c(NC2C=CS(=O)(=O)C2)n1. The Morgan fingerprint density at radius 3 is 2.78 bits per heavy atom. The average molecular weight is 269 g/mol. The highest BCUT2D eigenvalue weighted by Gasteiger charge is 2.24. The molecular weight excluding hydrogens is 258 g/mol. The predicted octanol–water partition coefficient (Wildman–Crippen LogP) is 1.02. The van der Waals surface area contributed by atoms with Gasteiger partial charge >= 0.3 is 5.69 Å². The maximum atomic E-state index is 11.2. The lowest BCUT2D eigenvalue weighted by Crippen LogP contribution is -2.22. The van der Waals surface area contributed by atoms with Crippen molar-refractivity contribution in [2.24, 2.45) is 0 Å². The van der Waals surface area contributed by atoms with Gasteiger partial charge in [0.25, 0.3) is 0 Å². The third kappa shape index (κ3) is 2.65. The fourth-order valence-electron chi connectivity index (χ4n) is 1.64. The Kier molecular flexibility index (Phi) is 3.04. The molecule has 96 valence electrons. The summed E-state index contributed by atoms with van der Waals surface area (Å²) in [7, 11) is -3.20. The molecular formula is C10H11N3O4S. The van der Waals surface area contributed by atoms with Crippen molar-refractivity contribution < 1.29 is 13.3 Å². The van der Waals surface area contributed by atoms with Crippen LogP contribution in [0.1, 0.15) is 5.69 Å². The first-order valence-corrected chi connectivity index (χ1v) is 6.88. The number of aryl methyl sites for hydroxylation is 1. The molecule has 18 heavy (non-hydrogen) atoms. The minimum Gasteiger partial charge on any atom is -0.357 e. The Bertz CT molecular complexity index is 624. The summed E-state index contributed by atoms with van der Waals surface area (Å²) < 4.78 is 22.5. The van der Waals surface area contributed by atoms with E-state index in [1.807, 2.05) is 0 Å². The molecule has 0 spiro atoms. The summed E-state index contributed by atoms with van der Waals surface area (Å²) in [5, 5.41) is 14.7. The van der Waals surface area contributed by atoms with Crippen LogP contribution in [0.5, 0.6) is 0 Å². The van der Waals surface area contributed by atoms with E-state index in [-0.39, 0.29) is 17.3 Å². The van der Waals surface area contributed by atoms with Crippen LogP contribution in [0.25, 0.3) is 0 Å². The number of nitrogens with one attached hydrogen (secondary N) is 1. The number of anilines is 1. The summed E-state index contributed by atoms with van der Waals surface area (Å²) in [5.41, 5.74) is 0.450. The highest BCUT2D eigenvalue weighted by Crippen LogP contribution is 2.24. The van der Waals surface area contributed by atoms with Crippen molar-refractivity contribution in [3.63, 3.8) is 0 Å². The third-order valence-corrected chi connectivity index (χ3v) is 3.86. The zero-order valence-electron chi connectivity index (χ0n) is 9.53. The van der Waals surface area contributed by atoms with Gasteiger partial charge in [-0.15, -0.1) is 0 Å². The molecule has 1 aliphatic heterocycles. The second-order valence-electron chi connectivity index (χ2n) is 3.99. The first kappa shape index (κ1) is 12.5. The Hall–Kier alpha value is -1.96. The summed E-state index contributed by atoms with van der Waals surface area (Å²) in [6, 6.07) is 2.39. The summed E-state index contributed by atoms with van der Waals surface area (Å²) in [5.74, 6) is -0.0217. The Morgan fingerprint density at radius 2 is 2.22 bits per heavy atom. The van der Waals surface area contributed by atoms with Gasteiger partial charge in [0.1, 0.15) is 0 Å². The number of sulfone groups is 1. The molecule has 8 heteroatoms. The van der Waals surface area contributed by atoms with Crippen LogP contribution in [0.4, 0.5) is 11.5 Å². The maximum Gasteiger partial charge on any atom is 0.311 e. The van der Waals surface area contributed by atoms with E-state index in [0.717, 1.165) is 5.41 Å². The molecule has 2 heterocycles. The molecule has 1 aromatic heterocycles. The van der Waals surface area contributed by atoms with Crippen molar-refractivity contribution >= 4 is 21.3 Å². The molecule has 1 aromatic rings. The molecule has 0 amide bonds. The van der Waals surface area contributed by atoms with Gasteiger partial charge in [-0.2, -0.15) is 0 Å². The highest BCUT2D eigenvalue weighted by atomic mass is 32.2. The second kappa shape index (κ2) is 4.37. The van der Waals surface area contributed by atoms with E-state index >= 15 is 0 Å². The molecule has 7 nitrogen and oxygen atoms in total. The number of hydrogen-bond acceptors (Lipinski definition) is 6. The van der Waals surface area contributed by atoms with Gasteiger partial charge in [0.15, 0.2) is 9.84 Å². The molecule has 1 aliphatic rings. The fraction of sp³-hybridized carbons (Fsp3) is 0.300. The quantitative estimate of drug-likeness (QED) is 0.649. The van der Waals surface area contributed by atoms with Crippen LogP contribution in [0, 0.1) is 17.0 Å². The Balaban J connectivity index is 2.27. The molecule has 0 saturated heterocycles. The summed E-state index contributed by atoms with van der Waals surface area (Å²) in [6.45, 7) is 1.70. The second-order valence-corrected chi connectivity index (χ2v) is 5.92. The first-order chi connectivity index (χ1) is 8.37. The predicted molar refractivity (Wildman–Crippen MR) is 66.0 cm³/mol. The fourth-order valence-corrected chi connectivity index (χ4v) is 2.88. The van der Waals surface area contributed by atoms with Gasteiger partial charge in [-0.25, -0.2) is 13.4 Å². The van der Waals surface area contributed by atoms with Crippen LogP contribution in [-0.4, -0.2) is 30.1 Å². The molecule has 1 atom stereocenters. The number of hydrogen-bond donors (Lipinski definition) is 1. The standard InChI is InChI=1S/C10H11N3O4S/c1-7-2-3-9(13(14)15)10(11-7)12-8-4-5-18(16,17)6-8/h2-5,8H,6H2,1H3,(H,11,12). The number of nitro groups is 1. The van der Waals surface area contributed by atoms with E-state index in [0.29, 0.717) is 5.69 Å². The zero-order chi connectivity index (χ0) is 13.3.